The molecule has 4 aliphatic rings. The van der Waals surface area contributed by atoms with E-state index in [1.54, 1.807) is 6.92 Å². The Kier molecular flexibility index (Phi) is 6.68. The van der Waals surface area contributed by atoms with Crippen molar-refractivity contribution in [2.45, 2.75) is 112 Å². The fourth-order valence-electron chi connectivity index (χ4n) is 9.10. The molecule has 0 spiro atoms. The van der Waals surface area contributed by atoms with Crippen molar-refractivity contribution in [2.75, 3.05) is 0 Å². The van der Waals surface area contributed by atoms with E-state index in [1.807, 2.05) is 0 Å². The second kappa shape index (κ2) is 8.86. The van der Waals surface area contributed by atoms with Gasteiger partial charge in [-0.1, -0.05) is 53.2 Å². The quantitative estimate of drug-likeness (QED) is 0.329. The van der Waals surface area contributed by atoms with Crippen LogP contribution in [0.1, 0.15) is 106 Å². The van der Waals surface area contributed by atoms with Gasteiger partial charge in [0.2, 0.25) is 0 Å². The SMILES string of the molecule is CC[C@H](C)C=C[C@H](C)[C@@H]1CC[C@@H]2[C@H]3CC[C@H]4C[C@@H](OC(C)=O)CC[C@]4(C)[C@H]3CC[C@]21C. The molecule has 4 fully saturated rings. The Morgan fingerprint density at radius 3 is 2.39 bits per heavy atom. The lowest BCUT2D eigenvalue weighted by Crippen LogP contribution is -2.54. The van der Waals surface area contributed by atoms with Crippen LogP contribution in [0.25, 0.3) is 0 Å². The average Bonchev–Trinajstić information content (AvgIpc) is 3.09. The Labute approximate surface area is 192 Å². The Morgan fingerprint density at radius 1 is 0.968 bits per heavy atom. The summed E-state index contributed by atoms with van der Waals surface area (Å²) in [5.41, 5.74) is 1.01. The highest BCUT2D eigenvalue weighted by atomic mass is 16.5. The van der Waals surface area contributed by atoms with Crippen molar-refractivity contribution < 1.29 is 9.53 Å². The molecule has 4 aliphatic carbocycles. The molecule has 0 aromatic carbocycles. The van der Waals surface area contributed by atoms with Gasteiger partial charge < -0.3 is 4.74 Å². The fourth-order valence-corrected chi connectivity index (χ4v) is 9.10. The number of allylic oxidation sites excluding steroid dienone is 2. The molecule has 2 nitrogen and oxygen atoms in total. The van der Waals surface area contributed by atoms with E-state index in [9.17, 15) is 4.79 Å². The van der Waals surface area contributed by atoms with Crippen LogP contribution in [-0.2, 0) is 9.53 Å². The third-order valence-electron chi connectivity index (χ3n) is 11.0. The summed E-state index contributed by atoms with van der Waals surface area (Å²) >= 11 is 0. The summed E-state index contributed by atoms with van der Waals surface area (Å²) in [6.45, 7) is 14.0. The van der Waals surface area contributed by atoms with E-state index in [2.05, 4.69) is 46.8 Å². The zero-order valence-electron chi connectivity index (χ0n) is 21.2. The van der Waals surface area contributed by atoms with Gasteiger partial charge in [-0.2, -0.15) is 0 Å². The van der Waals surface area contributed by atoms with E-state index in [0.717, 1.165) is 42.4 Å². The Morgan fingerprint density at radius 2 is 1.68 bits per heavy atom. The summed E-state index contributed by atoms with van der Waals surface area (Å²) in [4.78, 5) is 11.5. The minimum absolute atomic E-state index is 0.0933. The highest BCUT2D eigenvalue weighted by Gasteiger charge is 2.60. The lowest BCUT2D eigenvalue weighted by Gasteiger charge is -2.61. The van der Waals surface area contributed by atoms with Gasteiger partial charge in [-0.05, 0) is 110 Å². The molecule has 0 aromatic heterocycles. The third kappa shape index (κ3) is 4.15. The molecule has 0 radical (unpaired) electrons. The Balaban J connectivity index is 1.47. The summed E-state index contributed by atoms with van der Waals surface area (Å²) < 4.78 is 5.65. The zero-order valence-corrected chi connectivity index (χ0v) is 21.2. The standard InChI is InChI=1S/C29H48O2/c1-7-19(2)8-9-20(3)25-12-13-26-24-11-10-22-18-23(31-21(4)30)14-16-28(22,5)27(24)15-17-29(25,26)6/h8-9,19-20,22-27H,7,10-18H2,1-6H3/t19-,20-,22-,23-,24+,25-,26+,27-,28-,29-/m0/s1. The van der Waals surface area contributed by atoms with Crippen molar-refractivity contribution >= 4 is 5.97 Å². The van der Waals surface area contributed by atoms with Gasteiger partial charge in [0, 0.05) is 6.92 Å². The van der Waals surface area contributed by atoms with Crippen LogP contribution in [0.3, 0.4) is 0 Å². The molecular formula is C29H48O2. The van der Waals surface area contributed by atoms with Crippen LogP contribution in [-0.4, -0.2) is 12.1 Å². The molecule has 4 saturated carbocycles. The summed E-state index contributed by atoms with van der Waals surface area (Å²) in [6.07, 6.45) is 18.5. The van der Waals surface area contributed by atoms with Gasteiger partial charge >= 0.3 is 5.97 Å². The first-order chi connectivity index (χ1) is 14.7. The fraction of sp³-hybridized carbons (Fsp3) is 0.897. The second-order valence-electron chi connectivity index (χ2n) is 12.5. The van der Waals surface area contributed by atoms with Crippen molar-refractivity contribution in [3.05, 3.63) is 12.2 Å². The van der Waals surface area contributed by atoms with E-state index in [4.69, 9.17) is 4.74 Å². The smallest absolute Gasteiger partial charge is 0.302 e. The van der Waals surface area contributed by atoms with Crippen LogP contribution in [0.4, 0.5) is 0 Å². The molecule has 10 atom stereocenters. The van der Waals surface area contributed by atoms with Crippen molar-refractivity contribution in [1.82, 2.24) is 0 Å². The Bertz CT molecular complexity index is 682. The van der Waals surface area contributed by atoms with Crippen LogP contribution >= 0.6 is 0 Å². The van der Waals surface area contributed by atoms with Crippen molar-refractivity contribution in [3.63, 3.8) is 0 Å². The molecule has 0 bridgehead atoms. The highest BCUT2D eigenvalue weighted by Crippen LogP contribution is 2.68. The highest BCUT2D eigenvalue weighted by molar-refractivity contribution is 5.66. The zero-order chi connectivity index (χ0) is 22.4. The van der Waals surface area contributed by atoms with E-state index < -0.39 is 0 Å². The van der Waals surface area contributed by atoms with E-state index >= 15 is 0 Å². The topological polar surface area (TPSA) is 26.3 Å². The maximum atomic E-state index is 11.5. The molecule has 0 amide bonds. The first-order valence-electron chi connectivity index (χ1n) is 13.5. The van der Waals surface area contributed by atoms with E-state index in [-0.39, 0.29) is 12.1 Å². The number of rotatable bonds is 5. The number of carbonyl (C=O) groups excluding carboxylic acids is 1. The summed E-state index contributed by atoms with van der Waals surface area (Å²) in [5, 5.41) is 0. The molecule has 2 heteroatoms. The van der Waals surface area contributed by atoms with Crippen LogP contribution in [0.15, 0.2) is 12.2 Å². The number of esters is 1. The molecule has 176 valence electrons. The maximum absolute atomic E-state index is 11.5. The number of carbonyl (C=O) groups is 1. The maximum Gasteiger partial charge on any atom is 0.302 e. The normalized spacial score (nSPS) is 46.6. The minimum Gasteiger partial charge on any atom is -0.463 e. The first kappa shape index (κ1) is 23.4. The van der Waals surface area contributed by atoms with Crippen LogP contribution in [0, 0.1) is 52.3 Å². The lowest BCUT2D eigenvalue weighted by molar-refractivity contribution is -0.160. The van der Waals surface area contributed by atoms with Gasteiger partial charge in [-0.25, -0.2) is 0 Å². The molecule has 0 aliphatic heterocycles. The predicted molar refractivity (Wildman–Crippen MR) is 129 cm³/mol. The van der Waals surface area contributed by atoms with Crippen molar-refractivity contribution in [2.24, 2.45) is 52.3 Å². The molecule has 4 rings (SSSR count). The van der Waals surface area contributed by atoms with Gasteiger partial charge in [0.05, 0.1) is 0 Å². The molecule has 0 heterocycles. The lowest BCUT2D eigenvalue weighted by atomic mass is 9.44. The predicted octanol–water partition coefficient (Wildman–Crippen LogP) is 7.82. The molecule has 31 heavy (non-hydrogen) atoms. The first-order valence-corrected chi connectivity index (χ1v) is 13.5. The van der Waals surface area contributed by atoms with Crippen LogP contribution < -0.4 is 0 Å². The second-order valence-corrected chi connectivity index (χ2v) is 12.5. The number of fused-ring (bicyclic) bond motifs is 5. The van der Waals surface area contributed by atoms with Crippen LogP contribution in [0.2, 0.25) is 0 Å². The van der Waals surface area contributed by atoms with E-state index in [1.165, 1.54) is 51.4 Å². The number of ether oxygens (including phenoxy) is 1. The van der Waals surface area contributed by atoms with Crippen molar-refractivity contribution in [1.29, 1.82) is 0 Å². The van der Waals surface area contributed by atoms with Crippen molar-refractivity contribution in [3.8, 4) is 0 Å². The number of hydrogen-bond donors (Lipinski definition) is 0. The van der Waals surface area contributed by atoms with Gasteiger partial charge in [-0.3, -0.25) is 4.79 Å². The van der Waals surface area contributed by atoms with Gasteiger partial charge in [0.1, 0.15) is 6.10 Å². The molecular weight excluding hydrogens is 380 g/mol. The summed E-state index contributed by atoms with van der Waals surface area (Å²) in [6, 6.07) is 0. The molecule has 0 aromatic rings. The van der Waals surface area contributed by atoms with E-state index in [0.29, 0.717) is 22.7 Å². The van der Waals surface area contributed by atoms with Gasteiger partial charge in [0.15, 0.2) is 0 Å². The summed E-state index contributed by atoms with van der Waals surface area (Å²) in [5.74, 6) is 5.71. The largest absolute Gasteiger partial charge is 0.463 e. The Hall–Kier alpha value is -0.790. The van der Waals surface area contributed by atoms with Gasteiger partial charge in [0.25, 0.3) is 0 Å². The van der Waals surface area contributed by atoms with Crippen LogP contribution in [0.5, 0.6) is 0 Å². The minimum atomic E-state index is -0.0933. The monoisotopic (exact) mass is 428 g/mol. The molecule has 0 saturated heterocycles. The summed E-state index contributed by atoms with van der Waals surface area (Å²) in [7, 11) is 0. The average molecular weight is 429 g/mol. The number of hydrogen-bond acceptors (Lipinski definition) is 2. The molecule has 0 unspecified atom stereocenters. The third-order valence-corrected chi connectivity index (χ3v) is 11.0. The van der Waals surface area contributed by atoms with Gasteiger partial charge in [-0.15, -0.1) is 0 Å². The molecule has 0 N–H and O–H groups in total.